The summed E-state index contributed by atoms with van der Waals surface area (Å²) in [5.41, 5.74) is 0.435. The fourth-order valence-electron chi connectivity index (χ4n) is 2.24. The fraction of sp³-hybridized carbons (Fsp3) is 0.200. The van der Waals surface area contributed by atoms with E-state index in [1.54, 1.807) is 6.07 Å². The predicted octanol–water partition coefficient (Wildman–Crippen LogP) is 3.01. The van der Waals surface area contributed by atoms with Gasteiger partial charge in [0.25, 0.3) is 11.6 Å². The summed E-state index contributed by atoms with van der Waals surface area (Å²) in [5, 5.41) is 25.9. The molecule has 1 aromatic carbocycles. The van der Waals surface area contributed by atoms with Crippen molar-refractivity contribution in [3.63, 3.8) is 0 Å². The van der Waals surface area contributed by atoms with E-state index in [0.717, 1.165) is 17.9 Å². The topological polar surface area (TPSA) is 112 Å². The van der Waals surface area contributed by atoms with Crippen LogP contribution in [0.25, 0.3) is 6.08 Å². The molecule has 1 aromatic rings. The summed E-state index contributed by atoms with van der Waals surface area (Å²) in [6, 6.07) is 5.87. The number of nitrogens with one attached hydrogen (secondary N) is 1. The molecule has 3 rings (SSSR count). The third kappa shape index (κ3) is 2.98. The first-order valence-corrected chi connectivity index (χ1v) is 8.05. The van der Waals surface area contributed by atoms with E-state index >= 15 is 0 Å². The highest BCUT2D eigenvalue weighted by Gasteiger charge is 2.35. The summed E-state index contributed by atoms with van der Waals surface area (Å²) in [6.07, 6.45) is 3.09. The molecule has 0 radical (unpaired) electrons. The van der Waals surface area contributed by atoms with Gasteiger partial charge in [0.2, 0.25) is 5.17 Å². The minimum atomic E-state index is -0.543. The molecule has 0 saturated carbocycles. The van der Waals surface area contributed by atoms with Gasteiger partial charge in [0.05, 0.1) is 10.5 Å². The summed E-state index contributed by atoms with van der Waals surface area (Å²) in [7, 11) is 0. The molecule has 0 atom stereocenters. The van der Waals surface area contributed by atoms with Crippen molar-refractivity contribution in [1.82, 2.24) is 5.01 Å². The maximum atomic E-state index is 12.2. The number of rotatable bonds is 4. The van der Waals surface area contributed by atoms with Crippen LogP contribution in [-0.2, 0) is 4.79 Å². The van der Waals surface area contributed by atoms with Gasteiger partial charge in [-0.05, 0) is 36.2 Å². The first-order chi connectivity index (χ1) is 11.5. The number of carbonyl (C=O) groups excluding carboxylic acids is 1. The minimum Gasteiger partial charge on any atom is -0.282 e. The van der Waals surface area contributed by atoms with E-state index in [0.29, 0.717) is 10.7 Å². The number of thioether (sulfide) groups is 1. The molecule has 24 heavy (non-hydrogen) atoms. The number of non-ortho nitro benzene ring substituents is 1. The van der Waals surface area contributed by atoms with Crippen LogP contribution < -0.4 is 0 Å². The lowest BCUT2D eigenvalue weighted by Crippen LogP contribution is -2.35. The molecule has 0 saturated heterocycles. The van der Waals surface area contributed by atoms with Gasteiger partial charge in [-0.15, -0.1) is 0 Å². The van der Waals surface area contributed by atoms with E-state index in [1.165, 1.54) is 41.0 Å². The number of nitro groups is 1. The summed E-state index contributed by atoms with van der Waals surface area (Å²) >= 11 is 1.29. The highest BCUT2D eigenvalue weighted by atomic mass is 32.2. The summed E-state index contributed by atoms with van der Waals surface area (Å²) in [4.78, 5) is 26.5. The number of fused-ring (bicyclic) bond motifs is 1. The lowest BCUT2D eigenvalue weighted by molar-refractivity contribution is -0.384. The molecule has 2 aliphatic heterocycles. The molecular formula is C15H13N5O3S. The third-order valence-corrected chi connectivity index (χ3v) is 4.32. The van der Waals surface area contributed by atoms with Gasteiger partial charge in [0.1, 0.15) is 5.04 Å². The van der Waals surface area contributed by atoms with Crippen LogP contribution in [0.4, 0.5) is 5.69 Å². The zero-order chi connectivity index (χ0) is 17.3. The average molecular weight is 343 g/mol. The molecule has 0 aliphatic carbocycles. The number of hydrazone groups is 1. The van der Waals surface area contributed by atoms with Crippen LogP contribution in [-0.4, -0.2) is 31.9 Å². The number of nitro benzene ring substituents is 1. The van der Waals surface area contributed by atoms with Crippen LogP contribution in [0, 0.1) is 15.5 Å². The van der Waals surface area contributed by atoms with Crippen LogP contribution in [0.2, 0.25) is 0 Å². The van der Waals surface area contributed by atoms with E-state index in [2.05, 4.69) is 10.1 Å². The number of hydrogen-bond acceptors (Lipinski definition) is 6. The Kier molecular flexibility index (Phi) is 4.26. The molecule has 9 heteroatoms. The zero-order valence-corrected chi connectivity index (χ0v) is 13.5. The van der Waals surface area contributed by atoms with Crippen LogP contribution >= 0.6 is 11.8 Å². The van der Waals surface area contributed by atoms with E-state index < -0.39 is 10.8 Å². The second-order valence-corrected chi connectivity index (χ2v) is 6.16. The Labute approximate surface area is 141 Å². The van der Waals surface area contributed by atoms with E-state index in [9.17, 15) is 14.9 Å². The summed E-state index contributed by atoms with van der Waals surface area (Å²) in [6.45, 7) is 2.02. The number of hydrogen-bond donors (Lipinski definition) is 1. The van der Waals surface area contributed by atoms with E-state index in [-0.39, 0.29) is 17.1 Å². The molecule has 0 unspecified atom stereocenters. The van der Waals surface area contributed by atoms with Gasteiger partial charge < -0.3 is 0 Å². The molecule has 122 valence electrons. The quantitative estimate of drug-likeness (QED) is 0.513. The Hall–Kier alpha value is -2.81. The normalized spacial score (nSPS) is 18.5. The smallest absolute Gasteiger partial charge is 0.282 e. The number of aliphatic imine (C=N–C) groups is 1. The summed E-state index contributed by atoms with van der Waals surface area (Å²) in [5.74, 6) is -0.617. The number of carbonyl (C=O) groups is 1. The van der Waals surface area contributed by atoms with Gasteiger partial charge >= 0.3 is 0 Å². The van der Waals surface area contributed by atoms with Crippen molar-refractivity contribution < 1.29 is 9.72 Å². The fourth-order valence-corrected chi connectivity index (χ4v) is 3.23. The first-order valence-electron chi connectivity index (χ1n) is 7.23. The molecule has 0 aromatic heterocycles. The van der Waals surface area contributed by atoms with Crippen molar-refractivity contribution in [3.8, 4) is 0 Å². The number of nitrogens with zero attached hydrogens (tertiary/aromatic N) is 4. The van der Waals surface area contributed by atoms with Gasteiger partial charge in [0.15, 0.2) is 5.84 Å². The Morgan fingerprint density at radius 2 is 2.25 bits per heavy atom. The molecule has 0 bridgehead atoms. The SMILES string of the molecule is CCCC1=NN2C(=N)/C(=C/c3cccc([N+](=O)[O-])c3)C(=O)N=C2S1. The molecule has 0 spiro atoms. The van der Waals surface area contributed by atoms with Crippen molar-refractivity contribution >= 4 is 45.5 Å². The van der Waals surface area contributed by atoms with Crippen molar-refractivity contribution in [1.29, 1.82) is 5.41 Å². The van der Waals surface area contributed by atoms with Gasteiger partial charge in [-0.1, -0.05) is 19.1 Å². The lowest BCUT2D eigenvalue weighted by Gasteiger charge is -2.20. The molecule has 1 N–H and O–H groups in total. The Bertz CT molecular complexity index is 843. The minimum absolute atomic E-state index is 0.0568. The van der Waals surface area contributed by atoms with Crippen LogP contribution in [0.5, 0.6) is 0 Å². The monoisotopic (exact) mass is 343 g/mol. The second-order valence-electron chi connectivity index (χ2n) is 5.12. The van der Waals surface area contributed by atoms with Gasteiger partial charge in [-0.2, -0.15) is 15.1 Å². The molecule has 0 fully saturated rings. The maximum Gasteiger partial charge on any atom is 0.283 e. The zero-order valence-electron chi connectivity index (χ0n) is 12.7. The van der Waals surface area contributed by atoms with Crippen LogP contribution in [0.3, 0.4) is 0 Å². The van der Waals surface area contributed by atoms with Gasteiger partial charge in [-0.25, -0.2) is 0 Å². The molecule has 2 aliphatic rings. The average Bonchev–Trinajstić information content (AvgIpc) is 2.95. The maximum absolute atomic E-state index is 12.2. The molecule has 2 heterocycles. The highest BCUT2D eigenvalue weighted by molar-refractivity contribution is 8.26. The molecule has 1 amide bonds. The lowest BCUT2D eigenvalue weighted by atomic mass is 10.1. The largest absolute Gasteiger partial charge is 0.283 e. The van der Waals surface area contributed by atoms with Crippen molar-refractivity contribution in [2.45, 2.75) is 19.8 Å². The van der Waals surface area contributed by atoms with Gasteiger partial charge in [-0.3, -0.25) is 20.3 Å². The Morgan fingerprint density at radius 1 is 1.46 bits per heavy atom. The van der Waals surface area contributed by atoms with Gasteiger partial charge in [0, 0.05) is 12.1 Å². The second kappa shape index (κ2) is 6.36. The standard InChI is InChI=1S/C15H13N5O3S/c1-2-4-12-18-19-13(16)11(14(21)17-15(19)24-12)8-9-5-3-6-10(7-9)20(22)23/h3,5-8,16H,2,4H2,1H3/b11-8-,16-13?. The van der Waals surface area contributed by atoms with Crippen molar-refractivity contribution in [2.24, 2.45) is 10.1 Å². The summed E-state index contributed by atoms with van der Waals surface area (Å²) < 4.78 is 0. The molecular weight excluding hydrogens is 330 g/mol. The predicted molar refractivity (Wildman–Crippen MR) is 93.0 cm³/mol. The van der Waals surface area contributed by atoms with Crippen molar-refractivity contribution in [3.05, 3.63) is 45.5 Å². The third-order valence-electron chi connectivity index (χ3n) is 3.35. The Balaban J connectivity index is 1.95. The highest BCUT2D eigenvalue weighted by Crippen LogP contribution is 2.29. The first kappa shape index (κ1) is 16.1. The number of benzene rings is 1. The number of amidine groups is 2. The Morgan fingerprint density at radius 3 is 2.96 bits per heavy atom. The van der Waals surface area contributed by atoms with E-state index in [1.807, 2.05) is 6.92 Å². The van der Waals surface area contributed by atoms with Crippen LogP contribution in [0.15, 0.2) is 39.9 Å². The van der Waals surface area contributed by atoms with E-state index in [4.69, 9.17) is 5.41 Å². The molecule has 8 nitrogen and oxygen atoms in total. The van der Waals surface area contributed by atoms with Crippen molar-refractivity contribution in [2.75, 3.05) is 0 Å². The van der Waals surface area contributed by atoms with Crippen LogP contribution in [0.1, 0.15) is 25.3 Å². The number of amides is 1.